The number of aliphatic imine (C=N–C) groups is 1. The second kappa shape index (κ2) is 6.84. The normalized spacial score (nSPS) is 19.3. The molecule has 0 fully saturated rings. The van der Waals surface area contributed by atoms with Crippen molar-refractivity contribution in [2.75, 3.05) is 11.4 Å². The Labute approximate surface area is 156 Å². The van der Waals surface area contributed by atoms with Crippen LogP contribution >= 0.6 is 11.6 Å². The van der Waals surface area contributed by atoms with Crippen molar-refractivity contribution in [3.8, 4) is 0 Å². The SMILES string of the molecule is CCN1c2cc(Cl)c(C=Nc3ccc(C)cc3)cc2C(C)CC1(C)C. The third kappa shape index (κ3) is 3.59. The first-order valence-corrected chi connectivity index (χ1v) is 9.41. The minimum atomic E-state index is 0.155. The van der Waals surface area contributed by atoms with Crippen LogP contribution in [-0.2, 0) is 0 Å². The molecule has 0 aliphatic carbocycles. The molecule has 2 nitrogen and oxygen atoms in total. The minimum absolute atomic E-state index is 0.155. The van der Waals surface area contributed by atoms with Gasteiger partial charge in [0.25, 0.3) is 0 Å². The van der Waals surface area contributed by atoms with E-state index in [0.29, 0.717) is 5.92 Å². The second-order valence-corrected chi connectivity index (χ2v) is 8.10. The Bertz CT molecular complexity index is 790. The number of hydrogen-bond donors (Lipinski definition) is 0. The molecule has 1 heterocycles. The van der Waals surface area contributed by atoms with Gasteiger partial charge in [0, 0.05) is 29.5 Å². The average Bonchev–Trinajstić information content (AvgIpc) is 2.54. The van der Waals surface area contributed by atoms with Crippen molar-refractivity contribution in [1.82, 2.24) is 0 Å². The van der Waals surface area contributed by atoms with Crippen LogP contribution in [0.25, 0.3) is 0 Å². The van der Waals surface area contributed by atoms with Gasteiger partial charge < -0.3 is 4.90 Å². The van der Waals surface area contributed by atoms with Crippen molar-refractivity contribution < 1.29 is 0 Å². The summed E-state index contributed by atoms with van der Waals surface area (Å²) in [5, 5.41) is 0.762. The van der Waals surface area contributed by atoms with E-state index in [-0.39, 0.29) is 5.54 Å². The highest BCUT2D eigenvalue weighted by Gasteiger charge is 2.35. The van der Waals surface area contributed by atoms with E-state index >= 15 is 0 Å². The zero-order valence-corrected chi connectivity index (χ0v) is 16.6. The summed E-state index contributed by atoms with van der Waals surface area (Å²) < 4.78 is 0. The molecule has 0 saturated carbocycles. The molecule has 0 N–H and O–H groups in total. The third-order valence-electron chi connectivity index (χ3n) is 5.21. The summed E-state index contributed by atoms with van der Waals surface area (Å²) in [6.07, 6.45) is 3.03. The number of fused-ring (bicyclic) bond motifs is 1. The average molecular weight is 355 g/mol. The van der Waals surface area contributed by atoms with Crippen molar-refractivity contribution in [2.24, 2.45) is 4.99 Å². The molecule has 25 heavy (non-hydrogen) atoms. The van der Waals surface area contributed by atoms with Crippen LogP contribution in [0.3, 0.4) is 0 Å². The number of nitrogens with zero attached hydrogens (tertiary/aromatic N) is 2. The number of benzene rings is 2. The molecule has 0 amide bonds. The van der Waals surface area contributed by atoms with Gasteiger partial charge >= 0.3 is 0 Å². The van der Waals surface area contributed by atoms with Crippen LogP contribution in [0.2, 0.25) is 5.02 Å². The lowest BCUT2D eigenvalue weighted by Gasteiger charge is -2.47. The maximum Gasteiger partial charge on any atom is 0.0630 e. The number of halogens is 1. The van der Waals surface area contributed by atoms with E-state index in [1.807, 2.05) is 18.3 Å². The Kier molecular flexibility index (Phi) is 4.92. The highest BCUT2D eigenvalue weighted by Crippen LogP contribution is 2.44. The number of anilines is 1. The Morgan fingerprint density at radius 1 is 1.24 bits per heavy atom. The van der Waals surface area contributed by atoms with Crippen molar-refractivity contribution >= 4 is 29.2 Å². The van der Waals surface area contributed by atoms with E-state index in [4.69, 9.17) is 11.6 Å². The summed E-state index contributed by atoms with van der Waals surface area (Å²) in [6.45, 7) is 12.2. The maximum atomic E-state index is 6.60. The Morgan fingerprint density at radius 2 is 1.92 bits per heavy atom. The maximum absolute atomic E-state index is 6.60. The van der Waals surface area contributed by atoms with Gasteiger partial charge in [-0.15, -0.1) is 0 Å². The van der Waals surface area contributed by atoms with Gasteiger partial charge in [0.1, 0.15) is 0 Å². The molecule has 0 bridgehead atoms. The van der Waals surface area contributed by atoms with E-state index < -0.39 is 0 Å². The van der Waals surface area contributed by atoms with Crippen LogP contribution in [-0.4, -0.2) is 18.3 Å². The Balaban J connectivity index is 1.99. The number of aryl methyl sites for hydroxylation is 1. The van der Waals surface area contributed by atoms with Crippen LogP contribution in [0.5, 0.6) is 0 Å². The molecule has 0 saturated heterocycles. The molecule has 3 rings (SSSR count). The van der Waals surface area contributed by atoms with Crippen LogP contribution in [0.4, 0.5) is 11.4 Å². The highest BCUT2D eigenvalue weighted by atomic mass is 35.5. The summed E-state index contributed by atoms with van der Waals surface area (Å²) >= 11 is 6.60. The van der Waals surface area contributed by atoms with Gasteiger partial charge in [-0.1, -0.05) is 36.2 Å². The van der Waals surface area contributed by atoms with Crippen molar-refractivity contribution in [2.45, 2.75) is 52.5 Å². The predicted molar refractivity (Wildman–Crippen MR) is 110 cm³/mol. The fourth-order valence-corrected chi connectivity index (χ4v) is 4.20. The topological polar surface area (TPSA) is 15.6 Å². The number of hydrogen-bond acceptors (Lipinski definition) is 2. The smallest absolute Gasteiger partial charge is 0.0630 e. The molecule has 132 valence electrons. The van der Waals surface area contributed by atoms with E-state index in [2.05, 4.69) is 68.8 Å². The summed E-state index contributed by atoms with van der Waals surface area (Å²) in [7, 11) is 0. The molecule has 0 radical (unpaired) electrons. The molecule has 1 atom stereocenters. The summed E-state index contributed by atoms with van der Waals surface area (Å²) in [4.78, 5) is 7.06. The second-order valence-electron chi connectivity index (χ2n) is 7.69. The predicted octanol–water partition coefficient (Wildman–Crippen LogP) is 6.51. The van der Waals surface area contributed by atoms with E-state index in [1.54, 1.807) is 0 Å². The van der Waals surface area contributed by atoms with E-state index in [9.17, 15) is 0 Å². The molecule has 1 aliphatic heterocycles. The largest absolute Gasteiger partial charge is 0.366 e. The van der Waals surface area contributed by atoms with Gasteiger partial charge in [-0.3, -0.25) is 4.99 Å². The van der Waals surface area contributed by atoms with Crippen LogP contribution in [0.1, 0.15) is 56.7 Å². The molecule has 3 heteroatoms. The summed E-state index contributed by atoms with van der Waals surface area (Å²) in [5.41, 5.74) is 5.97. The summed E-state index contributed by atoms with van der Waals surface area (Å²) in [5.74, 6) is 0.511. The van der Waals surface area contributed by atoms with Gasteiger partial charge in [0.05, 0.1) is 10.7 Å². The van der Waals surface area contributed by atoms with Crippen LogP contribution < -0.4 is 4.90 Å². The molecular formula is C22H27ClN2. The lowest BCUT2D eigenvalue weighted by Crippen LogP contribution is -2.48. The van der Waals surface area contributed by atoms with Gasteiger partial charge in [-0.25, -0.2) is 0 Å². The first-order chi connectivity index (χ1) is 11.8. The molecule has 2 aromatic carbocycles. The molecular weight excluding hydrogens is 328 g/mol. The standard InChI is InChI=1S/C22H27ClN2/c1-6-25-21-12-20(23)17(11-19(21)16(3)13-22(25,4)5)14-24-18-9-7-15(2)8-10-18/h7-12,14,16H,6,13H2,1-5H3. The lowest BCUT2D eigenvalue weighted by atomic mass is 9.79. The fourth-order valence-electron chi connectivity index (χ4n) is 3.99. The zero-order chi connectivity index (χ0) is 18.2. The van der Waals surface area contributed by atoms with Crippen LogP contribution in [0, 0.1) is 6.92 Å². The lowest BCUT2D eigenvalue weighted by molar-refractivity contribution is 0.381. The monoisotopic (exact) mass is 354 g/mol. The van der Waals surface area contributed by atoms with E-state index in [0.717, 1.165) is 29.2 Å². The summed E-state index contributed by atoms with van der Waals surface area (Å²) in [6, 6.07) is 12.5. The highest BCUT2D eigenvalue weighted by molar-refractivity contribution is 6.33. The molecule has 1 unspecified atom stereocenters. The Hall–Kier alpha value is -1.80. The molecule has 0 spiro atoms. The minimum Gasteiger partial charge on any atom is -0.366 e. The quantitative estimate of drug-likeness (QED) is 0.573. The first kappa shape index (κ1) is 18.0. The first-order valence-electron chi connectivity index (χ1n) is 9.03. The van der Waals surface area contributed by atoms with Gasteiger partial charge in [-0.05, 0) is 69.9 Å². The molecule has 2 aromatic rings. The third-order valence-corrected chi connectivity index (χ3v) is 5.53. The Morgan fingerprint density at radius 3 is 2.56 bits per heavy atom. The van der Waals surface area contributed by atoms with E-state index in [1.165, 1.54) is 16.8 Å². The van der Waals surface area contributed by atoms with Crippen molar-refractivity contribution in [3.05, 3.63) is 58.1 Å². The van der Waals surface area contributed by atoms with Crippen LogP contribution in [0.15, 0.2) is 41.4 Å². The van der Waals surface area contributed by atoms with Gasteiger partial charge in [-0.2, -0.15) is 0 Å². The zero-order valence-electron chi connectivity index (χ0n) is 15.8. The molecule has 0 aromatic heterocycles. The molecule has 1 aliphatic rings. The fraction of sp³-hybridized carbons (Fsp3) is 0.409. The van der Waals surface area contributed by atoms with Gasteiger partial charge in [0.15, 0.2) is 0 Å². The van der Waals surface area contributed by atoms with Crippen molar-refractivity contribution in [3.63, 3.8) is 0 Å². The van der Waals surface area contributed by atoms with Gasteiger partial charge in [0.2, 0.25) is 0 Å². The number of rotatable bonds is 3. The van der Waals surface area contributed by atoms with Crippen molar-refractivity contribution in [1.29, 1.82) is 0 Å².